The van der Waals surface area contributed by atoms with Gasteiger partial charge in [0.25, 0.3) is 0 Å². The number of urea groups is 1. The molecule has 0 radical (unpaired) electrons. The number of hydrogen-bond donors (Lipinski definition) is 3. The summed E-state index contributed by atoms with van der Waals surface area (Å²) < 4.78 is 5.33. The molecular formula is C12H17N3O5. The highest BCUT2D eigenvalue weighted by atomic mass is 16.4. The molecule has 3 N–H and O–H groups in total. The van der Waals surface area contributed by atoms with E-state index >= 15 is 0 Å². The van der Waals surface area contributed by atoms with E-state index in [0.29, 0.717) is 18.1 Å². The summed E-state index contributed by atoms with van der Waals surface area (Å²) in [7, 11) is 0. The number of likely N-dealkylation sites (tertiary alicyclic amines) is 1. The third-order valence-electron chi connectivity index (χ3n) is 3.17. The Morgan fingerprint density at radius 3 is 2.95 bits per heavy atom. The first-order valence-corrected chi connectivity index (χ1v) is 6.40. The number of aliphatic carboxylic acids is 1. The number of rotatable bonds is 4. The lowest BCUT2D eigenvalue weighted by atomic mass is 10.2. The molecule has 0 aliphatic carbocycles. The molecule has 2 atom stereocenters. The van der Waals surface area contributed by atoms with Crippen molar-refractivity contribution in [3.05, 3.63) is 17.8 Å². The van der Waals surface area contributed by atoms with Crippen LogP contribution in [0.2, 0.25) is 0 Å². The van der Waals surface area contributed by atoms with E-state index < -0.39 is 24.1 Å². The van der Waals surface area contributed by atoms with E-state index in [1.54, 1.807) is 6.20 Å². The minimum Gasteiger partial charge on any atom is -0.480 e. The number of oxazole rings is 1. The van der Waals surface area contributed by atoms with Crippen LogP contribution in [0.3, 0.4) is 0 Å². The maximum atomic E-state index is 11.9. The van der Waals surface area contributed by atoms with Gasteiger partial charge >= 0.3 is 12.0 Å². The van der Waals surface area contributed by atoms with E-state index in [0.717, 1.165) is 4.90 Å². The highest BCUT2D eigenvalue weighted by Gasteiger charge is 2.38. The van der Waals surface area contributed by atoms with Gasteiger partial charge in [0.1, 0.15) is 11.8 Å². The van der Waals surface area contributed by atoms with Gasteiger partial charge in [0, 0.05) is 19.4 Å². The third-order valence-corrected chi connectivity index (χ3v) is 3.17. The van der Waals surface area contributed by atoms with Gasteiger partial charge in [0.2, 0.25) is 5.89 Å². The SMILES string of the molecule is CCc1cnc(CNC(=O)N2C[C@H](O)C[C@H]2C(=O)O)o1. The van der Waals surface area contributed by atoms with Crippen LogP contribution in [0.1, 0.15) is 25.0 Å². The number of carboxylic acids is 1. The van der Waals surface area contributed by atoms with Crippen LogP contribution in [0.15, 0.2) is 10.6 Å². The van der Waals surface area contributed by atoms with Crippen LogP contribution >= 0.6 is 0 Å². The Morgan fingerprint density at radius 2 is 2.35 bits per heavy atom. The first kappa shape index (κ1) is 14.3. The van der Waals surface area contributed by atoms with Crippen LogP contribution in [0.5, 0.6) is 0 Å². The maximum Gasteiger partial charge on any atom is 0.326 e. The Labute approximate surface area is 115 Å². The van der Waals surface area contributed by atoms with Crippen LogP contribution in [0.4, 0.5) is 4.79 Å². The molecule has 0 bridgehead atoms. The molecule has 0 aromatic carbocycles. The van der Waals surface area contributed by atoms with Crippen LogP contribution in [-0.4, -0.2) is 50.8 Å². The second-order valence-corrected chi connectivity index (χ2v) is 4.63. The number of β-amino-alcohol motifs (C(OH)–C–C–N with tert-alkyl or cyclic N) is 1. The Kier molecular flexibility index (Phi) is 4.23. The van der Waals surface area contributed by atoms with Crippen LogP contribution in [-0.2, 0) is 17.8 Å². The minimum atomic E-state index is -1.12. The molecule has 0 spiro atoms. The van der Waals surface area contributed by atoms with Gasteiger partial charge in [0.15, 0.2) is 0 Å². The monoisotopic (exact) mass is 283 g/mol. The van der Waals surface area contributed by atoms with E-state index in [1.807, 2.05) is 6.92 Å². The summed E-state index contributed by atoms with van der Waals surface area (Å²) in [5, 5.41) is 21.0. The number of aliphatic hydroxyl groups is 1. The van der Waals surface area contributed by atoms with Crippen molar-refractivity contribution in [2.24, 2.45) is 0 Å². The Bertz CT molecular complexity index is 501. The number of aromatic nitrogens is 1. The molecule has 0 saturated carbocycles. The highest BCUT2D eigenvalue weighted by Crippen LogP contribution is 2.18. The van der Waals surface area contributed by atoms with E-state index in [-0.39, 0.29) is 19.5 Å². The summed E-state index contributed by atoms with van der Waals surface area (Å²) in [6.07, 6.45) is 1.53. The Morgan fingerprint density at radius 1 is 1.60 bits per heavy atom. The summed E-state index contributed by atoms with van der Waals surface area (Å²) >= 11 is 0. The smallest absolute Gasteiger partial charge is 0.326 e. The average molecular weight is 283 g/mol. The van der Waals surface area contributed by atoms with Crippen molar-refractivity contribution in [3.8, 4) is 0 Å². The van der Waals surface area contributed by atoms with Gasteiger partial charge in [-0.1, -0.05) is 6.92 Å². The summed E-state index contributed by atoms with van der Waals surface area (Å²) in [5.41, 5.74) is 0. The zero-order valence-electron chi connectivity index (χ0n) is 11.1. The predicted molar refractivity (Wildman–Crippen MR) is 66.9 cm³/mol. The fraction of sp³-hybridized carbons (Fsp3) is 0.583. The molecule has 1 aliphatic rings. The molecule has 8 nitrogen and oxygen atoms in total. The standard InChI is InChI=1S/C12H17N3O5/c1-2-8-4-13-10(20-8)5-14-12(19)15-6-7(16)3-9(15)11(17)18/h4,7,9,16H,2-3,5-6H2,1H3,(H,14,19)(H,17,18)/t7-,9+/m1/s1. The summed E-state index contributed by atoms with van der Waals surface area (Å²) in [6, 6.07) is -1.55. The van der Waals surface area contributed by atoms with Crippen molar-refractivity contribution in [1.82, 2.24) is 15.2 Å². The van der Waals surface area contributed by atoms with Gasteiger partial charge in [0.05, 0.1) is 18.8 Å². The molecule has 1 saturated heterocycles. The number of hydrogen-bond acceptors (Lipinski definition) is 5. The van der Waals surface area contributed by atoms with Gasteiger partial charge < -0.3 is 24.8 Å². The fourth-order valence-corrected chi connectivity index (χ4v) is 2.12. The number of carbonyl (C=O) groups excluding carboxylic acids is 1. The quantitative estimate of drug-likeness (QED) is 0.714. The van der Waals surface area contributed by atoms with Crippen LogP contribution < -0.4 is 5.32 Å². The van der Waals surface area contributed by atoms with Gasteiger partial charge in [-0.25, -0.2) is 14.6 Å². The molecule has 20 heavy (non-hydrogen) atoms. The van der Waals surface area contributed by atoms with E-state index in [4.69, 9.17) is 9.52 Å². The molecule has 1 aliphatic heterocycles. The number of aryl methyl sites for hydroxylation is 1. The van der Waals surface area contributed by atoms with E-state index in [9.17, 15) is 14.7 Å². The molecule has 0 unspecified atom stereocenters. The molecule has 8 heteroatoms. The van der Waals surface area contributed by atoms with E-state index in [1.165, 1.54) is 0 Å². The van der Waals surface area contributed by atoms with Crippen molar-refractivity contribution < 1.29 is 24.2 Å². The normalized spacial score (nSPS) is 22.0. The van der Waals surface area contributed by atoms with Crippen LogP contribution in [0.25, 0.3) is 0 Å². The second-order valence-electron chi connectivity index (χ2n) is 4.63. The second kappa shape index (κ2) is 5.91. The average Bonchev–Trinajstić information content (AvgIpc) is 3.02. The number of aliphatic hydroxyl groups excluding tert-OH is 1. The lowest BCUT2D eigenvalue weighted by Gasteiger charge is -2.21. The molecular weight excluding hydrogens is 266 g/mol. The van der Waals surface area contributed by atoms with Crippen LogP contribution in [0, 0.1) is 0 Å². The van der Waals surface area contributed by atoms with Crippen molar-refractivity contribution in [1.29, 1.82) is 0 Å². The summed E-state index contributed by atoms with van der Waals surface area (Å²) in [6.45, 7) is 2.01. The van der Waals surface area contributed by atoms with Gasteiger partial charge in [-0.2, -0.15) is 0 Å². The first-order chi connectivity index (χ1) is 9.51. The molecule has 110 valence electrons. The zero-order chi connectivity index (χ0) is 14.7. The van der Waals surface area contributed by atoms with Crippen molar-refractivity contribution >= 4 is 12.0 Å². The molecule has 1 fully saturated rings. The van der Waals surface area contributed by atoms with E-state index in [2.05, 4.69) is 10.3 Å². The van der Waals surface area contributed by atoms with Crippen molar-refractivity contribution in [2.75, 3.05) is 6.54 Å². The molecule has 1 aromatic rings. The number of nitrogens with one attached hydrogen (secondary N) is 1. The lowest BCUT2D eigenvalue weighted by Crippen LogP contribution is -2.46. The van der Waals surface area contributed by atoms with Gasteiger partial charge in [-0.3, -0.25) is 0 Å². The largest absolute Gasteiger partial charge is 0.480 e. The molecule has 2 amide bonds. The fourth-order valence-electron chi connectivity index (χ4n) is 2.12. The topological polar surface area (TPSA) is 116 Å². The zero-order valence-corrected chi connectivity index (χ0v) is 11.1. The summed E-state index contributed by atoms with van der Waals surface area (Å²) in [5.74, 6) is -0.0443. The molecule has 2 heterocycles. The van der Waals surface area contributed by atoms with Gasteiger partial charge in [-0.15, -0.1) is 0 Å². The highest BCUT2D eigenvalue weighted by molar-refractivity contribution is 5.83. The number of carbonyl (C=O) groups is 2. The molecule has 1 aromatic heterocycles. The number of carboxylic acid groups (broad SMARTS) is 1. The van der Waals surface area contributed by atoms with Crippen molar-refractivity contribution in [3.63, 3.8) is 0 Å². The summed E-state index contributed by atoms with van der Waals surface area (Å²) in [4.78, 5) is 28.0. The Hall–Kier alpha value is -2.09. The maximum absolute atomic E-state index is 11.9. The predicted octanol–water partition coefficient (Wildman–Crippen LogP) is -0.0336. The van der Waals surface area contributed by atoms with Crippen molar-refractivity contribution in [2.45, 2.75) is 38.5 Å². The first-order valence-electron chi connectivity index (χ1n) is 6.40. The molecule has 2 rings (SSSR count). The lowest BCUT2D eigenvalue weighted by molar-refractivity contribution is -0.141. The minimum absolute atomic E-state index is 0.00853. The number of nitrogens with zero attached hydrogens (tertiary/aromatic N) is 2. The number of amides is 2. The van der Waals surface area contributed by atoms with Gasteiger partial charge in [-0.05, 0) is 0 Å². The Balaban J connectivity index is 1.92. The third kappa shape index (κ3) is 3.08.